The van der Waals surface area contributed by atoms with Crippen molar-refractivity contribution in [2.75, 3.05) is 24.2 Å². The van der Waals surface area contributed by atoms with Crippen LogP contribution in [0.5, 0.6) is 0 Å². The van der Waals surface area contributed by atoms with Crippen LogP contribution in [0.15, 0.2) is 28.6 Å². The third kappa shape index (κ3) is 5.73. The predicted molar refractivity (Wildman–Crippen MR) is 91.9 cm³/mol. The van der Waals surface area contributed by atoms with Gasteiger partial charge in [0, 0.05) is 17.3 Å². The van der Waals surface area contributed by atoms with Gasteiger partial charge in [-0.1, -0.05) is 52.9 Å². The van der Waals surface area contributed by atoms with Crippen molar-refractivity contribution >= 4 is 39.8 Å². The summed E-state index contributed by atoms with van der Waals surface area (Å²) in [5.41, 5.74) is 0.920. The minimum Gasteiger partial charge on any atom is -0.390 e. The molecule has 0 radical (unpaired) electrons. The number of nitrogens with one attached hydrogen (secondary N) is 1. The van der Waals surface area contributed by atoms with E-state index < -0.39 is 6.10 Å². The first kappa shape index (κ1) is 17.5. The number of nitrogens with zero attached hydrogens (tertiary/aromatic N) is 2. The topological polar surface area (TPSA) is 67.3 Å². The number of aliphatic hydroxyl groups excluding tert-OH is 1. The normalized spacial score (nSPS) is 12.3. The van der Waals surface area contributed by atoms with Crippen molar-refractivity contribution in [3.63, 3.8) is 0 Å². The van der Waals surface area contributed by atoms with Crippen molar-refractivity contribution < 1.29 is 9.84 Å². The Labute approximate surface area is 143 Å². The highest BCUT2D eigenvalue weighted by atomic mass is 35.5. The van der Waals surface area contributed by atoms with Crippen LogP contribution in [-0.4, -0.2) is 40.3 Å². The molecule has 0 saturated heterocycles. The highest BCUT2D eigenvalue weighted by molar-refractivity contribution is 8.01. The van der Waals surface area contributed by atoms with E-state index in [1.165, 1.54) is 23.1 Å². The summed E-state index contributed by atoms with van der Waals surface area (Å²) in [4.78, 5) is 0. The molecule has 0 fully saturated rings. The van der Waals surface area contributed by atoms with Crippen LogP contribution >= 0.6 is 34.7 Å². The number of hydrogen-bond donors (Lipinski definition) is 2. The minimum atomic E-state index is -0.557. The molecule has 0 spiro atoms. The molecule has 2 aromatic rings. The highest BCUT2D eigenvalue weighted by Crippen LogP contribution is 2.25. The maximum atomic E-state index is 9.93. The molecular formula is C14H18ClN3O2S2. The zero-order chi connectivity index (χ0) is 15.8. The van der Waals surface area contributed by atoms with E-state index in [9.17, 15) is 5.11 Å². The molecule has 5 nitrogen and oxygen atoms in total. The Bertz CT molecular complexity index is 583. The Morgan fingerprint density at radius 2 is 2.23 bits per heavy atom. The largest absolute Gasteiger partial charge is 0.390 e. The summed E-state index contributed by atoms with van der Waals surface area (Å²) in [6.07, 6.45) is -0.557. The van der Waals surface area contributed by atoms with Crippen molar-refractivity contribution in [2.45, 2.75) is 24.0 Å². The second-order valence-corrected chi connectivity index (χ2v) is 7.13. The van der Waals surface area contributed by atoms with Gasteiger partial charge in [0.1, 0.15) is 0 Å². The smallest absolute Gasteiger partial charge is 0.206 e. The van der Waals surface area contributed by atoms with Crippen molar-refractivity contribution in [3.05, 3.63) is 34.9 Å². The lowest BCUT2D eigenvalue weighted by molar-refractivity contribution is 0.0398. The summed E-state index contributed by atoms with van der Waals surface area (Å²) < 4.78 is 6.34. The summed E-state index contributed by atoms with van der Waals surface area (Å²) in [7, 11) is 0. The van der Waals surface area contributed by atoms with Crippen molar-refractivity contribution in [1.82, 2.24) is 10.2 Å². The van der Waals surface area contributed by atoms with Gasteiger partial charge < -0.3 is 15.2 Å². The maximum absolute atomic E-state index is 9.93. The average Bonchev–Trinajstić information content (AvgIpc) is 2.95. The third-order valence-corrected chi connectivity index (χ3v) is 5.19. The Morgan fingerprint density at radius 3 is 3.00 bits per heavy atom. The van der Waals surface area contributed by atoms with E-state index in [-0.39, 0.29) is 6.61 Å². The second kappa shape index (κ2) is 9.32. The van der Waals surface area contributed by atoms with Gasteiger partial charge in [-0.2, -0.15) is 0 Å². The third-order valence-electron chi connectivity index (χ3n) is 2.66. The highest BCUT2D eigenvalue weighted by Gasteiger charge is 2.09. The molecule has 1 heterocycles. The molecule has 1 atom stereocenters. The minimum absolute atomic E-state index is 0.261. The summed E-state index contributed by atoms with van der Waals surface area (Å²) in [6, 6.07) is 7.52. The molecule has 2 N–H and O–H groups in total. The van der Waals surface area contributed by atoms with Gasteiger partial charge >= 0.3 is 0 Å². The predicted octanol–water partition coefficient (Wildman–Crippen LogP) is 3.29. The van der Waals surface area contributed by atoms with E-state index in [0.29, 0.717) is 17.4 Å². The lowest BCUT2D eigenvalue weighted by Gasteiger charge is -2.10. The molecule has 0 amide bonds. The van der Waals surface area contributed by atoms with Gasteiger partial charge in [0.05, 0.1) is 19.3 Å². The van der Waals surface area contributed by atoms with E-state index in [4.69, 9.17) is 16.3 Å². The average molecular weight is 360 g/mol. The van der Waals surface area contributed by atoms with Gasteiger partial charge in [0.2, 0.25) is 5.13 Å². The maximum Gasteiger partial charge on any atom is 0.206 e. The molecule has 0 aliphatic heterocycles. The number of aromatic nitrogens is 2. The first-order valence-corrected chi connectivity index (χ1v) is 9.06. The summed E-state index contributed by atoms with van der Waals surface area (Å²) in [5, 5.41) is 22.6. The lowest BCUT2D eigenvalue weighted by atomic mass is 10.2. The van der Waals surface area contributed by atoms with Crippen molar-refractivity contribution in [2.24, 2.45) is 0 Å². The number of rotatable bonds is 9. The number of hydrogen-bond acceptors (Lipinski definition) is 7. The molecule has 0 aliphatic carbocycles. The molecule has 1 aromatic heterocycles. The van der Waals surface area contributed by atoms with Gasteiger partial charge in [-0.25, -0.2) is 0 Å². The van der Waals surface area contributed by atoms with Crippen LogP contribution < -0.4 is 5.32 Å². The van der Waals surface area contributed by atoms with Gasteiger partial charge in [-0.15, -0.1) is 10.2 Å². The van der Waals surface area contributed by atoms with Gasteiger partial charge in [-0.05, 0) is 18.6 Å². The van der Waals surface area contributed by atoms with E-state index in [2.05, 4.69) is 15.5 Å². The Kier molecular flexibility index (Phi) is 7.41. The second-order valence-electron chi connectivity index (χ2n) is 4.47. The fourth-order valence-corrected chi connectivity index (χ4v) is 3.57. The number of benzene rings is 1. The molecule has 0 bridgehead atoms. The first-order valence-electron chi connectivity index (χ1n) is 6.88. The fraction of sp³-hybridized carbons (Fsp3) is 0.429. The van der Waals surface area contributed by atoms with Gasteiger partial charge in [0.25, 0.3) is 0 Å². The summed E-state index contributed by atoms with van der Waals surface area (Å²) in [6.45, 7) is 3.48. The van der Waals surface area contributed by atoms with Gasteiger partial charge in [-0.3, -0.25) is 0 Å². The molecule has 1 aromatic carbocycles. The molecule has 2 rings (SSSR count). The number of aliphatic hydroxyl groups is 1. The molecule has 8 heteroatoms. The Hall–Kier alpha value is -0.860. The van der Waals surface area contributed by atoms with E-state index in [1.807, 2.05) is 31.2 Å². The molecule has 0 aliphatic rings. The Balaban J connectivity index is 1.67. The van der Waals surface area contributed by atoms with Crippen LogP contribution in [-0.2, 0) is 11.3 Å². The van der Waals surface area contributed by atoms with Crippen LogP contribution in [0.3, 0.4) is 0 Å². The lowest BCUT2D eigenvalue weighted by Crippen LogP contribution is -2.17. The van der Waals surface area contributed by atoms with Crippen LogP contribution in [0.25, 0.3) is 0 Å². The van der Waals surface area contributed by atoms with Crippen LogP contribution in [0.4, 0.5) is 5.13 Å². The summed E-state index contributed by atoms with van der Waals surface area (Å²) >= 11 is 9.00. The van der Waals surface area contributed by atoms with Crippen LogP contribution in [0, 0.1) is 0 Å². The SMILES string of the molecule is CCNc1nnc(SCC(O)COCc2ccccc2Cl)s1. The van der Waals surface area contributed by atoms with Crippen molar-refractivity contribution in [1.29, 1.82) is 0 Å². The van der Waals surface area contributed by atoms with Gasteiger partial charge in [0.15, 0.2) is 4.34 Å². The standard InChI is InChI=1S/C14H18ClN3O2S2/c1-2-16-13-17-18-14(22-13)21-9-11(19)8-20-7-10-5-3-4-6-12(10)15/h3-6,11,19H,2,7-9H2,1H3,(H,16,17). The van der Waals surface area contributed by atoms with E-state index in [0.717, 1.165) is 21.6 Å². The molecule has 120 valence electrons. The quantitative estimate of drug-likeness (QED) is 0.670. The Morgan fingerprint density at radius 1 is 1.41 bits per heavy atom. The monoisotopic (exact) mass is 359 g/mol. The van der Waals surface area contributed by atoms with Crippen LogP contribution in [0.2, 0.25) is 5.02 Å². The first-order chi connectivity index (χ1) is 10.7. The van der Waals surface area contributed by atoms with Crippen molar-refractivity contribution in [3.8, 4) is 0 Å². The van der Waals surface area contributed by atoms with E-state index >= 15 is 0 Å². The molecule has 22 heavy (non-hydrogen) atoms. The fourth-order valence-electron chi connectivity index (χ4n) is 1.63. The zero-order valence-corrected chi connectivity index (χ0v) is 14.5. The summed E-state index contributed by atoms with van der Waals surface area (Å²) in [5.74, 6) is 0.517. The molecule has 1 unspecified atom stereocenters. The molecular weight excluding hydrogens is 342 g/mol. The number of anilines is 1. The zero-order valence-electron chi connectivity index (χ0n) is 12.2. The van der Waals surface area contributed by atoms with E-state index in [1.54, 1.807) is 0 Å². The van der Waals surface area contributed by atoms with Crippen LogP contribution in [0.1, 0.15) is 12.5 Å². The molecule has 0 saturated carbocycles. The number of thioether (sulfide) groups is 1. The number of halogens is 1. The number of ether oxygens (including phenoxy) is 1.